The summed E-state index contributed by atoms with van der Waals surface area (Å²) in [7, 11) is -2.14. The first-order valence-corrected chi connectivity index (χ1v) is 10.7. The second-order valence-corrected chi connectivity index (χ2v) is 8.12. The van der Waals surface area contributed by atoms with Gasteiger partial charge in [0.25, 0.3) is 5.91 Å². The van der Waals surface area contributed by atoms with E-state index in [0.29, 0.717) is 38.1 Å². The van der Waals surface area contributed by atoms with E-state index in [0.717, 1.165) is 0 Å². The van der Waals surface area contributed by atoms with Crippen molar-refractivity contribution < 1.29 is 27.5 Å². The molecule has 2 rings (SSSR count). The highest BCUT2D eigenvalue weighted by Gasteiger charge is 2.25. The number of methoxy groups -OCH3 is 1. The molecule has 2 N–H and O–H groups in total. The standard InChI is InChI=1S/C18H27N3O6S/c1-3-27-18(23)21-11-8-15(9-12-21)20-17(22)14-4-6-16(7-5-14)28(24,25)19-10-13-26-2/h4-7,15,19H,3,8-13H2,1-2H3,(H,20,22). The van der Waals surface area contributed by atoms with Crippen molar-refractivity contribution in [2.45, 2.75) is 30.7 Å². The minimum absolute atomic E-state index is 0.0442. The Labute approximate surface area is 165 Å². The molecule has 1 aliphatic heterocycles. The number of hydrogen-bond donors (Lipinski definition) is 2. The molecule has 0 atom stereocenters. The number of nitrogens with one attached hydrogen (secondary N) is 2. The summed E-state index contributed by atoms with van der Waals surface area (Å²) in [5, 5.41) is 2.93. The van der Waals surface area contributed by atoms with Crippen molar-refractivity contribution >= 4 is 22.0 Å². The minimum Gasteiger partial charge on any atom is -0.450 e. The molecule has 0 spiro atoms. The zero-order valence-electron chi connectivity index (χ0n) is 16.1. The zero-order valence-corrected chi connectivity index (χ0v) is 17.0. The summed E-state index contributed by atoms with van der Waals surface area (Å²) in [6, 6.07) is 5.71. The van der Waals surface area contributed by atoms with Crippen LogP contribution in [0.2, 0.25) is 0 Å². The average molecular weight is 413 g/mol. The lowest BCUT2D eigenvalue weighted by atomic mass is 10.0. The van der Waals surface area contributed by atoms with Gasteiger partial charge in [0, 0.05) is 38.3 Å². The fourth-order valence-electron chi connectivity index (χ4n) is 2.84. The second kappa shape index (κ2) is 10.4. The Balaban J connectivity index is 1.87. The second-order valence-electron chi connectivity index (χ2n) is 6.35. The molecule has 0 bridgehead atoms. The number of carbonyl (C=O) groups is 2. The molecule has 1 fully saturated rings. The maximum Gasteiger partial charge on any atom is 0.409 e. The first kappa shape index (κ1) is 22.1. The molecule has 10 heteroatoms. The van der Waals surface area contributed by atoms with Gasteiger partial charge in [-0.25, -0.2) is 17.9 Å². The lowest BCUT2D eigenvalue weighted by molar-refractivity contribution is 0.0860. The van der Waals surface area contributed by atoms with Crippen LogP contribution in [0.15, 0.2) is 29.2 Å². The summed E-state index contributed by atoms with van der Waals surface area (Å²) in [5.41, 5.74) is 0.378. The summed E-state index contributed by atoms with van der Waals surface area (Å²) < 4.78 is 36.5. The Kier molecular flexibility index (Phi) is 8.21. The molecular weight excluding hydrogens is 386 g/mol. The van der Waals surface area contributed by atoms with Crippen LogP contribution in [0.1, 0.15) is 30.1 Å². The molecule has 1 heterocycles. The van der Waals surface area contributed by atoms with E-state index in [-0.39, 0.29) is 36.1 Å². The van der Waals surface area contributed by atoms with Crippen LogP contribution < -0.4 is 10.0 Å². The Morgan fingerprint density at radius 1 is 1.18 bits per heavy atom. The van der Waals surface area contributed by atoms with Crippen molar-refractivity contribution in [2.75, 3.05) is 40.0 Å². The molecule has 28 heavy (non-hydrogen) atoms. The zero-order chi connectivity index (χ0) is 20.6. The topological polar surface area (TPSA) is 114 Å². The van der Waals surface area contributed by atoms with Crippen LogP contribution in [-0.2, 0) is 19.5 Å². The fraction of sp³-hybridized carbons (Fsp3) is 0.556. The van der Waals surface area contributed by atoms with E-state index >= 15 is 0 Å². The fourth-order valence-corrected chi connectivity index (χ4v) is 3.85. The number of piperidine rings is 1. The number of likely N-dealkylation sites (tertiary alicyclic amines) is 1. The van der Waals surface area contributed by atoms with Crippen molar-refractivity contribution in [3.05, 3.63) is 29.8 Å². The molecule has 0 unspecified atom stereocenters. The van der Waals surface area contributed by atoms with Gasteiger partial charge in [0.15, 0.2) is 0 Å². The summed E-state index contributed by atoms with van der Waals surface area (Å²) in [4.78, 5) is 25.8. The van der Waals surface area contributed by atoms with E-state index in [1.807, 2.05) is 0 Å². The summed E-state index contributed by atoms with van der Waals surface area (Å²) in [5.74, 6) is -0.272. The van der Waals surface area contributed by atoms with E-state index < -0.39 is 10.0 Å². The highest BCUT2D eigenvalue weighted by atomic mass is 32.2. The number of carbonyl (C=O) groups excluding carboxylic acids is 2. The highest BCUT2D eigenvalue weighted by molar-refractivity contribution is 7.89. The maximum absolute atomic E-state index is 12.4. The van der Waals surface area contributed by atoms with E-state index in [1.165, 1.54) is 31.4 Å². The SMILES string of the molecule is CCOC(=O)N1CCC(NC(=O)c2ccc(S(=O)(=O)NCCOC)cc2)CC1. The van der Waals surface area contributed by atoms with E-state index in [4.69, 9.17) is 9.47 Å². The van der Waals surface area contributed by atoms with Gasteiger partial charge >= 0.3 is 6.09 Å². The van der Waals surface area contributed by atoms with Gasteiger partial charge < -0.3 is 19.7 Å². The van der Waals surface area contributed by atoms with Crippen LogP contribution in [0, 0.1) is 0 Å². The third-order valence-corrected chi connectivity index (χ3v) is 5.86. The van der Waals surface area contributed by atoms with E-state index in [9.17, 15) is 18.0 Å². The van der Waals surface area contributed by atoms with Gasteiger partial charge in [0.05, 0.1) is 18.1 Å². The molecule has 2 amide bonds. The number of hydrogen-bond acceptors (Lipinski definition) is 6. The number of benzene rings is 1. The third kappa shape index (κ3) is 6.18. The molecule has 0 saturated carbocycles. The predicted octanol–water partition coefficient (Wildman–Crippen LogP) is 0.962. The molecule has 1 aromatic rings. The van der Waals surface area contributed by atoms with Crippen molar-refractivity contribution in [1.29, 1.82) is 0 Å². The molecule has 1 saturated heterocycles. The van der Waals surface area contributed by atoms with Crippen LogP contribution in [0.3, 0.4) is 0 Å². The van der Waals surface area contributed by atoms with Gasteiger partial charge in [-0.2, -0.15) is 0 Å². The molecule has 0 aliphatic carbocycles. The predicted molar refractivity (Wildman–Crippen MR) is 103 cm³/mol. The highest BCUT2D eigenvalue weighted by Crippen LogP contribution is 2.14. The molecule has 1 aliphatic rings. The molecule has 9 nitrogen and oxygen atoms in total. The number of sulfonamides is 1. The number of amides is 2. The first-order valence-electron chi connectivity index (χ1n) is 9.18. The van der Waals surface area contributed by atoms with Crippen LogP contribution in [0.5, 0.6) is 0 Å². The van der Waals surface area contributed by atoms with Crippen molar-refractivity contribution in [3.63, 3.8) is 0 Å². The van der Waals surface area contributed by atoms with Crippen molar-refractivity contribution in [3.8, 4) is 0 Å². The van der Waals surface area contributed by atoms with E-state index in [1.54, 1.807) is 11.8 Å². The van der Waals surface area contributed by atoms with Gasteiger partial charge in [-0.1, -0.05) is 0 Å². The molecule has 0 radical (unpaired) electrons. The largest absolute Gasteiger partial charge is 0.450 e. The smallest absolute Gasteiger partial charge is 0.409 e. The van der Waals surface area contributed by atoms with Gasteiger partial charge in [-0.3, -0.25) is 4.79 Å². The summed E-state index contributed by atoms with van der Waals surface area (Å²) in [6.07, 6.45) is 0.948. The lowest BCUT2D eigenvalue weighted by Crippen LogP contribution is -2.46. The number of nitrogens with zero attached hydrogens (tertiary/aromatic N) is 1. The monoisotopic (exact) mass is 413 g/mol. The van der Waals surface area contributed by atoms with Crippen LogP contribution in [-0.4, -0.2) is 71.3 Å². The molecule has 0 aromatic heterocycles. The Bertz CT molecular complexity index is 758. The van der Waals surface area contributed by atoms with Crippen LogP contribution in [0.4, 0.5) is 4.79 Å². The number of ether oxygens (including phenoxy) is 2. The summed E-state index contributed by atoms with van der Waals surface area (Å²) >= 11 is 0. The quantitative estimate of drug-likeness (QED) is 0.614. The summed E-state index contributed by atoms with van der Waals surface area (Å²) in [6.45, 7) is 3.59. The number of rotatable bonds is 8. The average Bonchev–Trinajstić information content (AvgIpc) is 2.69. The molecule has 1 aromatic carbocycles. The van der Waals surface area contributed by atoms with Crippen LogP contribution >= 0.6 is 0 Å². The van der Waals surface area contributed by atoms with Gasteiger partial charge in [-0.05, 0) is 44.0 Å². The maximum atomic E-state index is 12.4. The third-order valence-electron chi connectivity index (χ3n) is 4.38. The van der Waals surface area contributed by atoms with Gasteiger partial charge in [0.2, 0.25) is 10.0 Å². The molecule has 156 valence electrons. The Hall–Kier alpha value is -2.17. The van der Waals surface area contributed by atoms with Crippen LogP contribution in [0.25, 0.3) is 0 Å². The molecular formula is C18H27N3O6S. The van der Waals surface area contributed by atoms with Gasteiger partial charge in [0.1, 0.15) is 0 Å². The van der Waals surface area contributed by atoms with E-state index in [2.05, 4.69) is 10.0 Å². The lowest BCUT2D eigenvalue weighted by Gasteiger charge is -2.31. The first-order chi connectivity index (χ1) is 13.4. The van der Waals surface area contributed by atoms with Crippen molar-refractivity contribution in [1.82, 2.24) is 14.9 Å². The normalized spacial score (nSPS) is 15.3. The van der Waals surface area contributed by atoms with Gasteiger partial charge in [-0.15, -0.1) is 0 Å². The Morgan fingerprint density at radius 3 is 2.39 bits per heavy atom. The van der Waals surface area contributed by atoms with Crippen molar-refractivity contribution in [2.24, 2.45) is 0 Å². The Morgan fingerprint density at radius 2 is 1.82 bits per heavy atom. The minimum atomic E-state index is -3.63.